The molecule has 0 spiro atoms. The Bertz CT molecular complexity index is 2940. The third-order valence-electron chi connectivity index (χ3n) is 21.0. The van der Waals surface area contributed by atoms with E-state index in [9.17, 15) is 0 Å². The van der Waals surface area contributed by atoms with Crippen LogP contribution in [0.4, 0.5) is 0 Å². The van der Waals surface area contributed by atoms with E-state index in [-0.39, 0.29) is 0 Å². The molecule has 5 aromatic rings. The minimum absolute atomic E-state index is 0.308. The number of rotatable bonds is 29. The molecule has 98 heavy (non-hydrogen) atoms. The minimum Gasteiger partial charge on any atom is -0.493 e. The standard InChI is InChI=1S/C24H35NO3.C21H33NO4.2C18H26BrNO2/c1-26-17-14-25(15-18-27-2)23-9-5-6-10-24(23)28-16-13-20-11-12-21-7-3-4-8-22(21)19-20;1-23-20-10-9-17(16-21(20)24-2)6-5-13-26-19-8-4-3-7-18(19)22-11-14-25-15-12-22;19-16-5-3-4-15(14-16)8-11-22-18-7-2-1-6-17(18)20-9-12-21-13-10-20;19-16-6-2-1-5-15(16)9-12-22-18-8-4-3-7-17(18)20-10-13-21-14-11-20/h3-4,7-8,11-12,19,23-24H,5-6,9-10,13-18H2,1-2H3;9-10,16,18-19H,3-8,11-15H2,1-2H3;3-5,14,17-18H,1-2,6-13H2;1-2,5-6,17-18H,3-4,7-14H2/t23?,24-;18?,19-;2*17?,18-/m0000/s1. The van der Waals surface area contributed by atoms with Crippen LogP contribution in [0.15, 0.2) is 118 Å². The zero-order valence-corrected chi connectivity index (χ0v) is 63.2. The van der Waals surface area contributed by atoms with E-state index in [4.69, 9.17) is 52.1 Å². The van der Waals surface area contributed by atoms with Crippen molar-refractivity contribution in [3.8, 4) is 11.5 Å². The van der Waals surface area contributed by atoms with Crippen LogP contribution in [0.5, 0.6) is 11.5 Å². The number of aryl methyl sites for hydroxylation is 1. The Hall–Kier alpha value is -3.60. The predicted octanol–water partition coefficient (Wildman–Crippen LogP) is 14.9. The Labute approximate surface area is 606 Å². The van der Waals surface area contributed by atoms with Gasteiger partial charge in [0, 0.05) is 106 Å². The van der Waals surface area contributed by atoms with E-state index in [0.29, 0.717) is 48.6 Å². The topological polar surface area (TPSA) is 114 Å². The second-order valence-corrected chi connectivity index (χ2v) is 29.2. The van der Waals surface area contributed by atoms with Gasteiger partial charge in [-0.3, -0.25) is 19.6 Å². The van der Waals surface area contributed by atoms with Gasteiger partial charge in [-0.2, -0.15) is 0 Å². The summed E-state index contributed by atoms with van der Waals surface area (Å²) in [4.78, 5) is 10.3. The Kier molecular flexibility index (Phi) is 36.5. The van der Waals surface area contributed by atoms with Gasteiger partial charge in [0.2, 0.25) is 0 Å². The fourth-order valence-corrected chi connectivity index (χ4v) is 16.6. The smallest absolute Gasteiger partial charge is 0.160 e. The Morgan fingerprint density at radius 3 is 1.40 bits per heavy atom. The molecule has 4 aliphatic carbocycles. The van der Waals surface area contributed by atoms with E-state index >= 15 is 0 Å². The molecule has 17 heteroatoms. The average Bonchev–Trinajstić information content (AvgIpc) is 1.45. The Balaban J connectivity index is 0.000000154. The average molecular weight is 1490 g/mol. The predicted molar refractivity (Wildman–Crippen MR) is 402 cm³/mol. The molecular formula is C81H120Br2N4O11. The second kappa shape index (κ2) is 45.5. The van der Waals surface area contributed by atoms with E-state index in [1.165, 1.54) is 134 Å². The molecule has 0 radical (unpaired) electrons. The van der Waals surface area contributed by atoms with Gasteiger partial charge in [-0.15, -0.1) is 0 Å². The molecule has 4 unspecified atom stereocenters. The lowest BCUT2D eigenvalue weighted by Gasteiger charge is -2.41. The molecule has 0 N–H and O–H groups in total. The summed E-state index contributed by atoms with van der Waals surface area (Å²) in [7, 11) is 6.89. The number of halogens is 2. The number of ether oxygens (including phenoxy) is 11. The maximum absolute atomic E-state index is 6.43. The number of nitrogens with zero attached hydrogens (tertiary/aromatic N) is 4. The van der Waals surface area contributed by atoms with Gasteiger partial charge in [0.05, 0.1) is 111 Å². The summed E-state index contributed by atoms with van der Waals surface area (Å²) in [6, 6.07) is 40.6. The molecule has 0 aromatic heterocycles. The van der Waals surface area contributed by atoms with Crippen LogP contribution in [0.2, 0.25) is 0 Å². The lowest BCUT2D eigenvalue weighted by molar-refractivity contribution is -0.0657. The first-order valence-electron chi connectivity index (χ1n) is 37.6. The maximum Gasteiger partial charge on any atom is 0.160 e. The van der Waals surface area contributed by atoms with Gasteiger partial charge in [-0.05, 0) is 147 Å². The zero-order valence-electron chi connectivity index (χ0n) is 60.0. The molecule has 8 atom stereocenters. The first kappa shape index (κ1) is 78.5. The summed E-state index contributed by atoms with van der Waals surface area (Å²) in [5.41, 5.74) is 5.29. The van der Waals surface area contributed by atoms with Crippen molar-refractivity contribution in [3.05, 3.63) is 140 Å². The normalized spacial score (nSPS) is 24.3. The lowest BCUT2D eigenvalue weighted by Crippen LogP contribution is -2.51. The number of benzene rings is 5. The summed E-state index contributed by atoms with van der Waals surface area (Å²) in [5, 5.41) is 2.60. The van der Waals surface area contributed by atoms with Crippen molar-refractivity contribution in [3.63, 3.8) is 0 Å². The second-order valence-electron chi connectivity index (χ2n) is 27.5. The van der Waals surface area contributed by atoms with Crippen LogP contribution in [0.25, 0.3) is 10.8 Å². The summed E-state index contributed by atoms with van der Waals surface area (Å²) in [6.07, 6.45) is 26.7. The number of hydrogen-bond donors (Lipinski definition) is 0. The molecule has 15 nitrogen and oxygen atoms in total. The van der Waals surface area contributed by atoms with Crippen molar-refractivity contribution >= 4 is 42.6 Å². The molecule has 3 heterocycles. The molecule has 3 aliphatic heterocycles. The third-order valence-corrected chi connectivity index (χ3v) is 22.3. The van der Waals surface area contributed by atoms with Gasteiger partial charge in [0.25, 0.3) is 0 Å². The van der Waals surface area contributed by atoms with Crippen molar-refractivity contribution in [1.82, 2.24) is 19.6 Å². The van der Waals surface area contributed by atoms with Crippen molar-refractivity contribution in [2.75, 3.05) is 160 Å². The molecule has 7 fully saturated rings. The van der Waals surface area contributed by atoms with Gasteiger partial charge < -0.3 is 52.1 Å². The maximum atomic E-state index is 6.43. The van der Waals surface area contributed by atoms with Crippen LogP contribution in [-0.4, -0.2) is 228 Å². The van der Waals surface area contributed by atoms with Gasteiger partial charge >= 0.3 is 0 Å². The summed E-state index contributed by atoms with van der Waals surface area (Å²) < 4.78 is 65.5. The molecule has 7 aliphatic rings. The van der Waals surface area contributed by atoms with Crippen molar-refractivity contribution in [1.29, 1.82) is 0 Å². The Morgan fingerprint density at radius 2 is 0.857 bits per heavy atom. The van der Waals surface area contributed by atoms with Crippen LogP contribution in [-0.2, 0) is 68.3 Å². The first-order chi connectivity index (χ1) is 48.3. The molecule has 0 amide bonds. The van der Waals surface area contributed by atoms with E-state index < -0.39 is 0 Å². The van der Waals surface area contributed by atoms with Gasteiger partial charge in [-0.25, -0.2) is 0 Å². The van der Waals surface area contributed by atoms with E-state index in [1.807, 2.05) is 6.07 Å². The van der Waals surface area contributed by atoms with Crippen LogP contribution in [0, 0.1) is 0 Å². The monoisotopic (exact) mass is 1480 g/mol. The molecule has 3 saturated heterocycles. The molecule has 5 aromatic carbocycles. The molecule has 0 bridgehead atoms. The zero-order chi connectivity index (χ0) is 68.2. The highest BCUT2D eigenvalue weighted by atomic mass is 79.9. The molecule has 12 rings (SSSR count). The number of morpholine rings is 3. The van der Waals surface area contributed by atoms with Crippen LogP contribution in [0.1, 0.15) is 131 Å². The number of methoxy groups -OCH3 is 4. The largest absolute Gasteiger partial charge is 0.493 e. The highest BCUT2D eigenvalue weighted by molar-refractivity contribution is 9.10. The van der Waals surface area contributed by atoms with E-state index in [0.717, 1.165) is 186 Å². The molecular weight excluding hydrogens is 1360 g/mol. The molecule has 4 saturated carbocycles. The van der Waals surface area contributed by atoms with E-state index in [2.05, 4.69) is 155 Å². The quantitative estimate of drug-likeness (QED) is 0.0423. The van der Waals surface area contributed by atoms with Crippen LogP contribution in [0.3, 0.4) is 0 Å². The summed E-state index contributed by atoms with van der Waals surface area (Å²) >= 11 is 7.15. The highest BCUT2D eigenvalue weighted by Gasteiger charge is 2.35. The number of hydrogen-bond acceptors (Lipinski definition) is 15. The van der Waals surface area contributed by atoms with Crippen molar-refractivity contribution in [2.24, 2.45) is 0 Å². The van der Waals surface area contributed by atoms with Gasteiger partial charge in [-0.1, -0.05) is 162 Å². The summed E-state index contributed by atoms with van der Waals surface area (Å²) in [6.45, 7) is 18.2. The van der Waals surface area contributed by atoms with Gasteiger partial charge in [0.15, 0.2) is 11.5 Å². The summed E-state index contributed by atoms with van der Waals surface area (Å²) in [5.74, 6) is 1.58. The SMILES string of the molecule is Brc1cccc(CCO[C@H]2CCCCC2N2CCOCC2)c1.Brc1ccccc1CCO[C@H]1CCCCC1N1CCOCC1.COCCN(CCOC)C1CCCC[C@@H]1OCCc1ccc2ccccc2c1.COc1ccc(CCCO[C@H]2CCCCC2N2CCOCC2)cc1OC. The first-order valence-corrected chi connectivity index (χ1v) is 39.2. The number of fused-ring (bicyclic) bond motifs is 1. The minimum atomic E-state index is 0.308. The van der Waals surface area contributed by atoms with Crippen molar-refractivity contribution in [2.45, 2.75) is 183 Å². The third kappa shape index (κ3) is 26.3. The Morgan fingerprint density at radius 1 is 0.398 bits per heavy atom. The van der Waals surface area contributed by atoms with Crippen molar-refractivity contribution < 1.29 is 52.1 Å². The highest BCUT2D eigenvalue weighted by Crippen LogP contribution is 2.33. The van der Waals surface area contributed by atoms with Gasteiger partial charge in [0.1, 0.15) is 0 Å². The van der Waals surface area contributed by atoms with Crippen LogP contribution >= 0.6 is 31.9 Å². The fourth-order valence-electron chi connectivity index (χ4n) is 15.7. The van der Waals surface area contributed by atoms with E-state index in [1.54, 1.807) is 28.4 Å². The fraction of sp³-hybridized carbons (Fsp3) is 0.654. The van der Waals surface area contributed by atoms with Crippen LogP contribution < -0.4 is 9.47 Å². The lowest BCUT2D eigenvalue weighted by atomic mass is 9.91. The molecule has 544 valence electrons.